The molecule has 9 aromatic carbocycles. The van der Waals surface area contributed by atoms with Crippen LogP contribution in [0, 0.1) is 0 Å². The van der Waals surface area contributed by atoms with E-state index >= 15 is 0 Å². The molecule has 276 valence electrons. The minimum absolute atomic E-state index is 0.711. The first-order valence-corrected chi connectivity index (χ1v) is 20.1. The zero-order valence-corrected chi connectivity index (χ0v) is 32.2. The molecule has 3 nitrogen and oxygen atoms in total. The highest BCUT2D eigenvalue weighted by atomic mass is 15.0. The van der Waals surface area contributed by atoms with Gasteiger partial charge in [-0.25, -0.2) is 9.97 Å². The molecule has 0 bridgehead atoms. The van der Waals surface area contributed by atoms with Crippen LogP contribution in [0.25, 0.3) is 106 Å². The molecule has 0 aliphatic rings. The van der Waals surface area contributed by atoms with Crippen LogP contribution in [0.5, 0.6) is 0 Å². The molecular weight excluding hydrogens is 715 g/mol. The highest BCUT2D eigenvalue weighted by Crippen LogP contribution is 2.38. The Kier molecular flexibility index (Phi) is 8.49. The van der Waals surface area contributed by atoms with Crippen LogP contribution in [0.2, 0.25) is 0 Å². The first-order chi connectivity index (χ1) is 29.2. The average molecular weight is 752 g/mol. The largest absolute Gasteiger partial charge is 0.309 e. The molecule has 59 heavy (non-hydrogen) atoms. The predicted molar refractivity (Wildman–Crippen MR) is 246 cm³/mol. The molecular formula is C56H37N3. The number of aromatic nitrogens is 3. The van der Waals surface area contributed by atoms with Gasteiger partial charge in [-0.3, -0.25) is 0 Å². The van der Waals surface area contributed by atoms with E-state index in [2.05, 4.69) is 211 Å². The van der Waals surface area contributed by atoms with Crippen molar-refractivity contribution in [3.8, 4) is 73.0 Å². The van der Waals surface area contributed by atoms with Gasteiger partial charge in [0.25, 0.3) is 0 Å². The van der Waals surface area contributed by atoms with Gasteiger partial charge in [-0.2, -0.15) is 0 Å². The third-order valence-electron chi connectivity index (χ3n) is 11.4. The molecule has 0 radical (unpaired) electrons. The number of fused-ring (bicyclic) bond motifs is 4. The SMILES string of the molecule is c1ccc(-c2ccc3c(c2)c2cc(-c4ccccc4)ccc2n3-c2ccc(-c3ccc(-c4cc(-c5cccc6ccccc56)nc(-c5ccccc5)n4)cc3)cc2)cc1. The summed E-state index contributed by atoms with van der Waals surface area (Å²) in [5.41, 5.74) is 15.6. The number of benzene rings is 9. The second-order valence-corrected chi connectivity index (χ2v) is 15.0. The monoisotopic (exact) mass is 751 g/mol. The van der Waals surface area contributed by atoms with Gasteiger partial charge in [-0.15, -0.1) is 0 Å². The van der Waals surface area contributed by atoms with E-state index < -0.39 is 0 Å². The molecule has 0 saturated carbocycles. The number of nitrogens with zero attached hydrogens (tertiary/aromatic N) is 3. The fourth-order valence-corrected chi connectivity index (χ4v) is 8.46. The Balaban J connectivity index is 0.963. The van der Waals surface area contributed by atoms with Crippen LogP contribution in [0.1, 0.15) is 0 Å². The topological polar surface area (TPSA) is 30.7 Å². The Hall–Kier alpha value is -7.88. The summed E-state index contributed by atoms with van der Waals surface area (Å²) in [6, 6.07) is 79.9. The zero-order chi connectivity index (χ0) is 39.1. The molecule has 3 heteroatoms. The van der Waals surface area contributed by atoms with Gasteiger partial charge in [0.2, 0.25) is 0 Å². The van der Waals surface area contributed by atoms with Crippen molar-refractivity contribution in [1.29, 1.82) is 0 Å². The van der Waals surface area contributed by atoms with E-state index in [4.69, 9.17) is 9.97 Å². The lowest BCUT2D eigenvalue weighted by atomic mass is 9.99. The fourth-order valence-electron chi connectivity index (χ4n) is 8.46. The van der Waals surface area contributed by atoms with Crippen LogP contribution in [0.15, 0.2) is 224 Å². The van der Waals surface area contributed by atoms with Crippen molar-refractivity contribution < 1.29 is 0 Å². The highest BCUT2D eigenvalue weighted by molar-refractivity contribution is 6.11. The fraction of sp³-hybridized carbons (Fsp3) is 0. The van der Waals surface area contributed by atoms with E-state index in [0.717, 1.165) is 44.9 Å². The van der Waals surface area contributed by atoms with Gasteiger partial charge in [0.15, 0.2) is 5.82 Å². The summed E-state index contributed by atoms with van der Waals surface area (Å²) in [4.78, 5) is 10.2. The standard InChI is InChI=1S/C56H37N3/c1-4-13-38(14-5-1)45-29-33-54-50(35-45)51-36-46(39-15-6-2-7-16-39)30-34-55(51)59(54)47-31-27-41(28-32-47)40-23-25-43(26-24-40)52-37-53(58-56(57-52)44-18-8-3-9-19-44)49-22-12-20-42-17-10-11-21-48(42)49/h1-37H. The first-order valence-electron chi connectivity index (χ1n) is 20.1. The summed E-state index contributed by atoms with van der Waals surface area (Å²) >= 11 is 0. The van der Waals surface area contributed by atoms with Crippen LogP contribution in [0.4, 0.5) is 0 Å². The minimum Gasteiger partial charge on any atom is -0.309 e. The van der Waals surface area contributed by atoms with Gasteiger partial charge in [0, 0.05) is 33.2 Å². The highest BCUT2D eigenvalue weighted by Gasteiger charge is 2.16. The van der Waals surface area contributed by atoms with Crippen molar-refractivity contribution >= 4 is 32.6 Å². The molecule has 0 spiro atoms. The van der Waals surface area contributed by atoms with Gasteiger partial charge in [0.05, 0.1) is 22.4 Å². The van der Waals surface area contributed by atoms with Crippen LogP contribution < -0.4 is 0 Å². The summed E-state index contributed by atoms with van der Waals surface area (Å²) in [7, 11) is 0. The number of rotatable bonds is 7. The summed E-state index contributed by atoms with van der Waals surface area (Å²) in [5.74, 6) is 0.711. The lowest BCUT2D eigenvalue weighted by molar-refractivity contribution is 1.18. The van der Waals surface area contributed by atoms with Crippen LogP contribution in [0.3, 0.4) is 0 Å². The predicted octanol–water partition coefficient (Wildman–Crippen LogP) is 14.7. The van der Waals surface area contributed by atoms with Crippen molar-refractivity contribution in [2.24, 2.45) is 0 Å². The van der Waals surface area contributed by atoms with Crippen LogP contribution >= 0.6 is 0 Å². The summed E-state index contributed by atoms with van der Waals surface area (Å²) in [6.07, 6.45) is 0. The Morgan fingerprint density at radius 2 is 0.746 bits per heavy atom. The normalized spacial score (nSPS) is 11.4. The van der Waals surface area contributed by atoms with Crippen molar-refractivity contribution in [2.45, 2.75) is 0 Å². The average Bonchev–Trinajstić information content (AvgIpc) is 3.65. The van der Waals surface area contributed by atoms with E-state index in [1.807, 2.05) is 18.2 Å². The summed E-state index contributed by atoms with van der Waals surface area (Å²) in [5, 5.41) is 4.84. The van der Waals surface area contributed by atoms with Crippen LogP contribution in [-0.2, 0) is 0 Å². The second kappa shape index (κ2) is 14.6. The maximum Gasteiger partial charge on any atom is 0.160 e. The van der Waals surface area contributed by atoms with E-state index in [1.165, 1.54) is 54.8 Å². The Labute approximate surface area is 343 Å². The van der Waals surface area contributed by atoms with E-state index in [-0.39, 0.29) is 0 Å². The molecule has 2 heterocycles. The molecule has 0 saturated heterocycles. The lowest BCUT2D eigenvalue weighted by Crippen LogP contribution is -1.96. The third-order valence-corrected chi connectivity index (χ3v) is 11.4. The lowest BCUT2D eigenvalue weighted by Gasteiger charge is -2.12. The molecule has 11 aromatic rings. The molecule has 0 aliphatic carbocycles. The van der Waals surface area contributed by atoms with Gasteiger partial charge in [-0.05, 0) is 86.6 Å². The second-order valence-electron chi connectivity index (χ2n) is 15.0. The van der Waals surface area contributed by atoms with Gasteiger partial charge < -0.3 is 4.57 Å². The molecule has 0 N–H and O–H groups in total. The summed E-state index contributed by atoms with van der Waals surface area (Å²) < 4.78 is 2.40. The maximum absolute atomic E-state index is 5.10. The molecule has 0 fully saturated rings. The number of hydrogen-bond donors (Lipinski definition) is 0. The molecule has 0 amide bonds. The molecule has 0 atom stereocenters. The third kappa shape index (κ3) is 6.36. The minimum atomic E-state index is 0.711. The van der Waals surface area contributed by atoms with Crippen molar-refractivity contribution in [3.63, 3.8) is 0 Å². The molecule has 2 aromatic heterocycles. The van der Waals surface area contributed by atoms with Crippen molar-refractivity contribution in [1.82, 2.24) is 14.5 Å². The van der Waals surface area contributed by atoms with Crippen LogP contribution in [-0.4, -0.2) is 14.5 Å². The van der Waals surface area contributed by atoms with Crippen molar-refractivity contribution in [2.75, 3.05) is 0 Å². The summed E-state index contributed by atoms with van der Waals surface area (Å²) in [6.45, 7) is 0. The first kappa shape index (κ1) is 34.4. The maximum atomic E-state index is 5.10. The van der Waals surface area contributed by atoms with Gasteiger partial charge >= 0.3 is 0 Å². The van der Waals surface area contributed by atoms with E-state index in [1.54, 1.807) is 0 Å². The Morgan fingerprint density at radius 1 is 0.288 bits per heavy atom. The Bertz CT molecular complexity index is 3180. The molecule has 0 aliphatic heterocycles. The number of hydrogen-bond acceptors (Lipinski definition) is 2. The quantitative estimate of drug-likeness (QED) is 0.162. The van der Waals surface area contributed by atoms with E-state index in [0.29, 0.717) is 5.82 Å². The van der Waals surface area contributed by atoms with Crippen molar-refractivity contribution in [3.05, 3.63) is 224 Å². The van der Waals surface area contributed by atoms with E-state index in [9.17, 15) is 0 Å². The van der Waals surface area contributed by atoms with Gasteiger partial charge in [-0.1, -0.05) is 182 Å². The van der Waals surface area contributed by atoms with Gasteiger partial charge in [0.1, 0.15) is 0 Å². The Morgan fingerprint density at radius 3 is 1.36 bits per heavy atom. The zero-order valence-electron chi connectivity index (χ0n) is 32.2. The smallest absolute Gasteiger partial charge is 0.160 e. The molecule has 0 unspecified atom stereocenters. The molecule has 11 rings (SSSR count).